The summed E-state index contributed by atoms with van der Waals surface area (Å²) >= 11 is 0. The fourth-order valence-corrected chi connectivity index (χ4v) is 9.33. The van der Waals surface area contributed by atoms with Gasteiger partial charge in [0, 0.05) is 42.4 Å². The zero-order valence-corrected chi connectivity index (χ0v) is 37.3. The average Bonchev–Trinajstić information content (AvgIpc) is 3.82. The number of aromatic nitrogens is 2. The number of aliphatic hydroxyl groups is 1. The fourth-order valence-electron chi connectivity index (χ4n) is 9.33. The number of amidine groups is 1. The number of hydrogen-bond donors (Lipinski definition) is 2. The van der Waals surface area contributed by atoms with Crippen LogP contribution in [0.25, 0.3) is 11.4 Å². The van der Waals surface area contributed by atoms with Gasteiger partial charge in [0.25, 0.3) is 5.89 Å². The molecule has 1 aromatic carbocycles. The van der Waals surface area contributed by atoms with Gasteiger partial charge in [0.1, 0.15) is 35.6 Å². The van der Waals surface area contributed by atoms with Crippen LogP contribution < -0.4 is 10.5 Å². The molecule has 18 heteroatoms. The first kappa shape index (κ1) is 47.6. The quantitative estimate of drug-likeness (QED) is 0.108. The van der Waals surface area contributed by atoms with E-state index in [0.717, 1.165) is 0 Å². The number of fused-ring (bicyclic) bond motifs is 1. The highest BCUT2D eigenvalue weighted by Gasteiger charge is 2.62. The normalized spacial score (nSPS) is 36.9. The molecule has 0 bridgehead atoms. The third kappa shape index (κ3) is 9.78. The predicted octanol–water partition coefficient (Wildman–Crippen LogP) is 3.71. The molecule has 5 rings (SSSR count). The van der Waals surface area contributed by atoms with E-state index < -0.39 is 89.0 Å². The number of benzene rings is 1. The van der Waals surface area contributed by atoms with Crippen LogP contribution in [0, 0.1) is 35.5 Å². The Hall–Kier alpha value is -4.49. The van der Waals surface area contributed by atoms with E-state index in [0.29, 0.717) is 23.6 Å². The first-order valence-electron chi connectivity index (χ1n) is 20.8. The first-order chi connectivity index (χ1) is 28.7. The van der Waals surface area contributed by atoms with Gasteiger partial charge in [-0.25, -0.2) is 0 Å². The molecular formula is C43H63N5O13. The van der Waals surface area contributed by atoms with Crippen LogP contribution in [0.2, 0.25) is 0 Å². The summed E-state index contributed by atoms with van der Waals surface area (Å²) in [4.78, 5) is 68.7. The molecule has 2 aromatic rings. The Kier molecular flexibility index (Phi) is 15.0. The van der Waals surface area contributed by atoms with Crippen LogP contribution in [-0.2, 0) is 54.3 Å². The molecule has 3 saturated heterocycles. The largest absolute Gasteiger partial charge is 0.497 e. The number of ether oxygens (including phenoxy) is 6. The number of hydrogen-bond acceptors (Lipinski definition) is 17. The molecule has 61 heavy (non-hydrogen) atoms. The minimum atomic E-state index is -1.59. The van der Waals surface area contributed by atoms with Gasteiger partial charge in [-0.3, -0.25) is 19.2 Å². The van der Waals surface area contributed by atoms with E-state index >= 15 is 0 Å². The standard InChI is InChI=1S/C43H63N5O13/c1-13-29-43(8)32(31(40(53)60-43)37(44)46-56-20-30-45-38(47-61-30)26-14-16-27(54-11)17-15-26)23(4)33(49)21(2)19-42(7,55-12)36(24(5)34(50)25(6)39(52)58-29)59-41-35(51)28(48(9)10)18-22(3)57-41/h14-17,21-25,28-29,31-32,35-36,41,51H,13,18-20H2,1-12H3,(H2,44,46)/t21-,22?,23-,24+,25-,28?,29-,31?,32?,35?,36-,41?,42+,43-/m1/s1. The molecule has 1 aromatic heterocycles. The van der Waals surface area contributed by atoms with Crippen LogP contribution in [-0.4, -0.2) is 126 Å². The summed E-state index contributed by atoms with van der Waals surface area (Å²) in [5.41, 5.74) is 4.26. The first-order valence-corrected chi connectivity index (χ1v) is 20.8. The number of cyclic esters (lactones) is 1. The van der Waals surface area contributed by atoms with Crippen molar-refractivity contribution >= 4 is 29.3 Å². The maximum Gasteiger partial charge on any atom is 0.317 e. The van der Waals surface area contributed by atoms with Gasteiger partial charge in [-0.15, -0.1) is 0 Å². The van der Waals surface area contributed by atoms with Crippen LogP contribution in [0.4, 0.5) is 0 Å². The summed E-state index contributed by atoms with van der Waals surface area (Å²) in [5, 5.41) is 19.5. The zero-order chi connectivity index (χ0) is 45.1. The van der Waals surface area contributed by atoms with E-state index in [1.165, 1.54) is 14.0 Å². The van der Waals surface area contributed by atoms with E-state index in [1.54, 1.807) is 72.9 Å². The van der Waals surface area contributed by atoms with Crippen LogP contribution in [0.1, 0.15) is 80.5 Å². The fraction of sp³-hybridized carbons (Fsp3) is 0.698. The molecule has 14 atom stereocenters. The smallest absolute Gasteiger partial charge is 0.317 e. The van der Waals surface area contributed by atoms with Crippen molar-refractivity contribution in [3.05, 3.63) is 30.2 Å². The van der Waals surface area contributed by atoms with Crippen molar-refractivity contribution in [2.24, 2.45) is 46.4 Å². The highest BCUT2D eigenvalue weighted by molar-refractivity contribution is 6.03. The van der Waals surface area contributed by atoms with Crippen molar-refractivity contribution in [1.29, 1.82) is 0 Å². The summed E-state index contributed by atoms with van der Waals surface area (Å²) < 4.78 is 41.5. The number of ketones is 2. The number of likely N-dealkylation sites (N-methyl/N-ethyl adjacent to an activating group) is 1. The minimum Gasteiger partial charge on any atom is -0.497 e. The number of carbonyl (C=O) groups excluding carboxylic acids is 4. The Balaban J connectivity index is 1.47. The Morgan fingerprint density at radius 1 is 1.00 bits per heavy atom. The van der Waals surface area contributed by atoms with Crippen molar-refractivity contribution in [2.75, 3.05) is 28.3 Å². The van der Waals surface area contributed by atoms with Crippen molar-refractivity contribution in [3.8, 4) is 17.1 Å². The topological polar surface area (TPSA) is 234 Å². The molecule has 0 saturated carbocycles. The number of nitrogens with zero attached hydrogens (tertiary/aromatic N) is 4. The second-order valence-corrected chi connectivity index (χ2v) is 17.3. The van der Waals surface area contributed by atoms with E-state index in [9.17, 15) is 24.3 Å². The lowest BCUT2D eigenvalue weighted by Gasteiger charge is -2.47. The van der Waals surface area contributed by atoms with Gasteiger partial charge in [0.05, 0.1) is 24.9 Å². The number of esters is 2. The number of Topliss-reactive ketones (excluding diaryl/α,β-unsaturated/α-hetero) is 2. The van der Waals surface area contributed by atoms with Crippen molar-refractivity contribution in [3.63, 3.8) is 0 Å². The molecule has 3 aliphatic heterocycles. The van der Waals surface area contributed by atoms with Gasteiger partial charge in [0.15, 0.2) is 30.1 Å². The number of oxime groups is 1. The van der Waals surface area contributed by atoms with Crippen LogP contribution >= 0.6 is 0 Å². The molecule has 18 nitrogen and oxygen atoms in total. The molecule has 3 N–H and O–H groups in total. The van der Waals surface area contributed by atoms with Crippen LogP contribution in [0.3, 0.4) is 0 Å². The SMILES string of the molecule is CC[C@H]1OC(=O)[C@H](C)C(=O)[C@H](C)[C@@H](OC2OC(C)CC(N(C)C)C2O)[C@@](C)(OC)C[C@@H](C)C(=O)[C@H](C)C2C(/C(N)=N\OCc3nc(-c4ccc(OC)cc4)no3)C(=O)O[C@@]21C. The van der Waals surface area contributed by atoms with Crippen molar-refractivity contribution in [1.82, 2.24) is 15.0 Å². The Bertz CT molecular complexity index is 1910. The van der Waals surface area contributed by atoms with Gasteiger partial charge in [-0.1, -0.05) is 38.0 Å². The maximum atomic E-state index is 14.7. The molecule has 6 unspecified atom stereocenters. The van der Waals surface area contributed by atoms with Gasteiger partial charge < -0.3 is 53.5 Å². The van der Waals surface area contributed by atoms with Crippen molar-refractivity contribution < 1.29 is 62.1 Å². The van der Waals surface area contributed by atoms with E-state index in [-0.39, 0.29) is 49.1 Å². The summed E-state index contributed by atoms with van der Waals surface area (Å²) in [7, 11) is 6.71. The zero-order valence-electron chi connectivity index (χ0n) is 37.3. The van der Waals surface area contributed by atoms with Gasteiger partial charge in [-0.2, -0.15) is 4.98 Å². The molecule has 4 heterocycles. The molecule has 0 amide bonds. The van der Waals surface area contributed by atoms with Crippen LogP contribution in [0.5, 0.6) is 5.75 Å². The minimum absolute atomic E-state index is 0.0404. The number of aliphatic hydroxyl groups excluding tert-OH is 1. The summed E-state index contributed by atoms with van der Waals surface area (Å²) in [6.07, 6.45) is -4.03. The Labute approximate surface area is 357 Å². The molecule has 0 radical (unpaired) electrons. The monoisotopic (exact) mass is 857 g/mol. The number of methoxy groups -OCH3 is 2. The summed E-state index contributed by atoms with van der Waals surface area (Å²) in [6.45, 7) is 13.1. The number of carbonyl (C=O) groups is 4. The average molecular weight is 858 g/mol. The van der Waals surface area contributed by atoms with Crippen LogP contribution in [0.15, 0.2) is 33.9 Å². The molecule has 3 aliphatic rings. The van der Waals surface area contributed by atoms with E-state index in [2.05, 4.69) is 15.3 Å². The Morgan fingerprint density at radius 2 is 1.67 bits per heavy atom. The third-order valence-electron chi connectivity index (χ3n) is 12.8. The lowest BCUT2D eigenvalue weighted by Crippen LogP contribution is -2.59. The number of nitrogens with two attached hydrogens (primary N) is 1. The molecule has 3 fully saturated rings. The highest BCUT2D eigenvalue weighted by Crippen LogP contribution is 2.48. The Morgan fingerprint density at radius 3 is 2.28 bits per heavy atom. The molecule has 338 valence electrons. The van der Waals surface area contributed by atoms with E-state index in [1.807, 2.05) is 25.9 Å². The van der Waals surface area contributed by atoms with Gasteiger partial charge >= 0.3 is 11.9 Å². The molecule has 0 aliphatic carbocycles. The van der Waals surface area contributed by atoms with Gasteiger partial charge in [0.2, 0.25) is 5.82 Å². The molecule has 0 spiro atoms. The van der Waals surface area contributed by atoms with Crippen molar-refractivity contribution in [2.45, 2.75) is 129 Å². The summed E-state index contributed by atoms with van der Waals surface area (Å²) in [6, 6.07) is 6.73. The predicted molar refractivity (Wildman–Crippen MR) is 218 cm³/mol. The van der Waals surface area contributed by atoms with E-state index in [4.69, 9.17) is 43.5 Å². The lowest BCUT2D eigenvalue weighted by atomic mass is 9.67. The lowest BCUT2D eigenvalue weighted by molar-refractivity contribution is -0.295. The highest BCUT2D eigenvalue weighted by atomic mass is 16.7. The molecular weight excluding hydrogens is 794 g/mol. The maximum absolute atomic E-state index is 14.7. The second kappa shape index (κ2) is 19.3. The number of rotatable bonds is 11. The second-order valence-electron chi connectivity index (χ2n) is 17.3. The summed E-state index contributed by atoms with van der Waals surface area (Å²) in [5.74, 6) is -8.04. The third-order valence-corrected chi connectivity index (χ3v) is 12.8. The van der Waals surface area contributed by atoms with Gasteiger partial charge in [-0.05, 0) is 85.3 Å².